The van der Waals surface area contributed by atoms with Gasteiger partial charge in [-0.15, -0.1) is 11.8 Å². The summed E-state index contributed by atoms with van der Waals surface area (Å²) in [5.74, 6) is 0.906. The van der Waals surface area contributed by atoms with E-state index in [0.717, 1.165) is 13.0 Å². The summed E-state index contributed by atoms with van der Waals surface area (Å²) in [7, 11) is 0. The predicted octanol–water partition coefficient (Wildman–Crippen LogP) is 3.60. The van der Waals surface area contributed by atoms with Crippen molar-refractivity contribution in [2.75, 3.05) is 12.3 Å². The lowest BCUT2D eigenvalue weighted by atomic mass is 9.99. The number of hydrogen-bond donors (Lipinski definition) is 0. The van der Waals surface area contributed by atoms with Crippen molar-refractivity contribution in [2.45, 2.75) is 39.5 Å². The molecule has 1 aliphatic heterocycles. The van der Waals surface area contributed by atoms with E-state index in [1.54, 1.807) is 11.8 Å². The van der Waals surface area contributed by atoms with Crippen LogP contribution in [0.3, 0.4) is 0 Å². The molecule has 1 fully saturated rings. The van der Waals surface area contributed by atoms with Crippen LogP contribution >= 0.6 is 11.8 Å². The Labute approximate surface area is 114 Å². The van der Waals surface area contributed by atoms with Crippen LogP contribution in [0.15, 0.2) is 12.1 Å². The van der Waals surface area contributed by atoms with Gasteiger partial charge in [0.1, 0.15) is 5.37 Å². The molecule has 1 aromatic rings. The van der Waals surface area contributed by atoms with Crippen LogP contribution in [0.1, 0.15) is 41.0 Å². The molecule has 0 spiro atoms. The van der Waals surface area contributed by atoms with E-state index in [1.807, 2.05) is 4.90 Å². The Morgan fingerprint density at radius 1 is 1.28 bits per heavy atom. The Bertz CT molecular complexity index is 447. The van der Waals surface area contributed by atoms with Crippen LogP contribution < -0.4 is 0 Å². The van der Waals surface area contributed by atoms with Crippen molar-refractivity contribution >= 4 is 17.7 Å². The van der Waals surface area contributed by atoms with Gasteiger partial charge >= 0.3 is 0 Å². The van der Waals surface area contributed by atoms with Crippen LogP contribution in [0.4, 0.5) is 0 Å². The number of hydrogen-bond acceptors (Lipinski definition) is 2. The van der Waals surface area contributed by atoms with Crippen molar-refractivity contribution < 1.29 is 4.79 Å². The zero-order chi connectivity index (χ0) is 13.3. The van der Waals surface area contributed by atoms with Gasteiger partial charge in [-0.05, 0) is 43.9 Å². The summed E-state index contributed by atoms with van der Waals surface area (Å²) < 4.78 is 0. The van der Waals surface area contributed by atoms with E-state index in [-0.39, 0.29) is 11.3 Å². The smallest absolute Gasteiger partial charge is 0.233 e. The molecular formula is C15H21NOS. The average Bonchev–Trinajstić information content (AvgIpc) is 2.61. The zero-order valence-electron chi connectivity index (χ0n) is 11.6. The van der Waals surface area contributed by atoms with Gasteiger partial charge in [0.2, 0.25) is 5.91 Å². The molecule has 0 saturated carbocycles. The predicted molar refractivity (Wildman–Crippen MR) is 77.9 cm³/mol. The van der Waals surface area contributed by atoms with E-state index in [1.165, 1.54) is 22.3 Å². The van der Waals surface area contributed by atoms with Crippen LogP contribution in [0, 0.1) is 20.8 Å². The third-order valence-electron chi connectivity index (χ3n) is 3.42. The number of thioether (sulfide) groups is 1. The first-order chi connectivity index (χ1) is 8.54. The minimum Gasteiger partial charge on any atom is -0.326 e. The molecule has 0 bridgehead atoms. The molecule has 1 amide bonds. The van der Waals surface area contributed by atoms with E-state index in [9.17, 15) is 4.79 Å². The molecule has 0 N–H and O–H groups in total. The summed E-state index contributed by atoms with van der Waals surface area (Å²) in [5.41, 5.74) is 5.25. The summed E-state index contributed by atoms with van der Waals surface area (Å²) in [5, 5.41) is 0.220. The molecule has 1 saturated heterocycles. The molecule has 1 heterocycles. The van der Waals surface area contributed by atoms with Crippen LogP contribution in [-0.4, -0.2) is 23.1 Å². The molecule has 98 valence electrons. The molecule has 0 aromatic heterocycles. The first kappa shape index (κ1) is 13.5. The Hall–Kier alpha value is -0.960. The molecule has 0 radical (unpaired) electrons. The third kappa shape index (κ3) is 2.41. The van der Waals surface area contributed by atoms with Gasteiger partial charge in [0.05, 0.1) is 5.75 Å². The van der Waals surface area contributed by atoms with Crippen molar-refractivity contribution in [1.29, 1.82) is 0 Å². The summed E-state index contributed by atoms with van der Waals surface area (Å²) in [6, 6.07) is 4.44. The van der Waals surface area contributed by atoms with E-state index in [4.69, 9.17) is 0 Å². The molecule has 1 unspecified atom stereocenters. The van der Waals surface area contributed by atoms with Gasteiger partial charge < -0.3 is 4.90 Å². The fourth-order valence-electron chi connectivity index (χ4n) is 2.76. The summed E-state index contributed by atoms with van der Waals surface area (Å²) >= 11 is 1.76. The second-order valence-electron chi connectivity index (χ2n) is 5.06. The number of nitrogens with zero attached hydrogens (tertiary/aromatic N) is 1. The van der Waals surface area contributed by atoms with Gasteiger partial charge in [0.25, 0.3) is 0 Å². The van der Waals surface area contributed by atoms with E-state index in [2.05, 4.69) is 39.8 Å². The summed E-state index contributed by atoms with van der Waals surface area (Å²) in [4.78, 5) is 14.0. The summed E-state index contributed by atoms with van der Waals surface area (Å²) in [6.07, 6.45) is 1.02. The minimum atomic E-state index is 0.220. The van der Waals surface area contributed by atoms with Crippen molar-refractivity contribution in [1.82, 2.24) is 4.90 Å². The Morgan fingerprint density at radius 2 is 1.89 bits per heavy atom. The maximum Gasteiger partial charge on any atom is 0.233 e. The highest BCUT2D eigenvalue weighted by Crippen LogP contribution is 2.41. The van der Waals surface area contributed by atoms with Crippen LogP contribution in [-0.2, 0) is 4.79 Å². The van der Waals surface area contributed by atoms with Crippen LogP contribution in [0.25, 0.3) is 0 Å². The van der Waals surface area contributed by atoms with Crippen molar-refractivity contribution in [3.63, 3.8) is 0 Å². The molecule has 1 atom stereocenters. The van der Waals surface area contributed by atoms with Crippen molar-refractivity contribution in [2.24, 2.45) is 0 Å². The van der Waals surface area contributed by atoms with Gasteiger partial charge in [-0.1, -0.05) is 24.6 Å². The number of carbonyl (C=O) groups is 1. The number of rotatable bonds is 3. The van der Waals surface area contributed by atoms with Crippen molar-refractivity contribution in [3.8, 4) is 0 Å². The van der Waals surface area contributed by atoms with E-state index in [0.29, 0.717) is 5.75 Å². The zero-order valence-corrected chi connectivity index (χ0v) is 12.4. The second-order valence-corrected chi connectivity index (χ2v) is 6.13. The fraction of sp³-hybridized carbons (Fsp3) is 0.533. The topological polar surface area (TPSA) is 20.3 Å². The van der Waals surface area contributed by atoms with Crippen LogP contribution in [0.5, 0.6) is 0 Å². The highest BCUT2D eigenvalue weighted by molar-refractivity contribution is 8.00. The van der Waals surface area contributed by atoms with E-state index >= 15 is 0 Å². The highest BCUT2D eigenvalue weighted by atomic mass is 32.2. The fourth-order valence-corrected chi connectivity index (χ4v) is 4.16. The summed E-state index contributed by atoms with van der Waals surface area (Å²) in [6.45, 7) is 9.43. The van der Waals surface area contributed by atoms with Crippen molar-refractivity contribution in [3.05, 3.63) is 34.4 Å². The molecule has 1 aromatic carbocycles. The SMILES string of the molecule is CCCN1C(=O)CSC1c1c(C)cc(C)cc1C. The number of aryl methyl sites for hydroxylation is 3. The van der Waals surface area contributed by atoms with Gasteiger partial charge in [-0.3, -0.25) is 4.79 Å². The molecule has 1 aliphatic rings. The third-order valence-corrected chi connectivity index (χ3v) is 4.64. The lowest BCUT2D eigenvalue weighted by Gasteiger charge is -2.26. The average molecular weight is 263 g/mol. The molecule has 3 heteroatoms. The Balaban J connectivity index is 2.39. The number of carbonyl (C=O) groups excluding carboxylic acids is 1. The minimum absolute atomic E-state index is 0.220. The van der Waals surface area contributed by atoms with Gasteiger partial charge in [-0.2, -0.15) is 0 Å². The maximum absolute atomic E-state index is 11.9. The van der Waals surface area contributed by atoms with Gasteiger partial charge in [-0.25, -0.2) is 0 Å². The van der Waals surface area contributed by atoms with Gasteiger partial charge in [0.15, 0.2) is 0 Å². The number of benzene rings is 1. The lowest BCUT2D eigenvalue weighted by Crippen LogP contribution is -2.29. The standard InChI is InChI=1S/C15H21NOS/c1-5-6-16-13(17)9-18-15(16)14-11(3)7-10(2)8-12(14)4/h7-8,15H,5-6,9H2,1-4H3. The quantitative estimate of drug-likeness (QED) is 0.830. The Kier molecular flexibility index (Phi) is 4.00. The highest BCUT2D eigenvalue weighted by Gasteiger charge is 2.33. The normalized spacial score (nSPS) is 19.7. The largest absolute Gasteiger partial charge is 0.326 e. The molecule has 2 nitrogen and oxygen atoms in total. The first-order valence-corrected chi connectivity index (χ1v) is 7.58. The maximum atomic E-state index is 11.9. The Morgan fingerprint density at radius 3 is 2.44 bits per heavy atom. The molecular weight excluding hydrogens is 242 g/mol. The van der Waals surface area contributed by atoms with Gasteiger partial charge in [0, 0.05) is 6.54 Å². The molecule has 18 heavy (non-hydrogen) atoms. The lowest BCUT2D eigenvalue weighted by molar-refractivity contribution is -0.128. The van der Waals surface area contributed by atoms with E-state index < -0.39 is 0 Å². The molecule has 2 rings (SSSR count). The molecule has 0 aliphatic carbocycles. The first-order valence-electron chi connectivity index (χ1n) is 6.53. The second kappa shape index (κ2) is 5.35. The monoisotopic (exact) mass is 263 g/mol. The number of amides is 1. The van der Waals surface area contributed by atoms with Crippen LogP contribution in [0.2, 0.25) is 0 Å².